The van der Waals surface area contributed by atoms with Crippen LogP contribution >= 0.6 is 15.9 Å². The van der Waals surface area contributed by atoms with Crippen molar-refractivity contribution in [2.75, 3.05) is 13.1 Å². The third-order valence-corrected chi connectivity index (χ3v) is 5.08. The zero-order valence-corrected chi connectivity index (χ0v) is 13.8. The molecule has 0 radical (unpaired) electrons. The van der Waals surface area contributed by atoms with Gasteiger partial charge in [-0.1, -0.05) is 41.9 Å². The summed E-state index contributed by atoms with van der Waals surface area (Å²) in [6, 6.07) is 9.32. The number of nitrogens with zero attached hydrogens (tertiary/aromatic N) is 1. The Labute approximate surface area is 125 Å². The first-order valence-corrected chi connectivity index (χ1v) is 8.11. The van der Waals surface area contributed by atoms with Gasteiger partial charge in [0, 0.05) is 35.7 Å². The molecule has 106 valence electrons. The minimum absolute atomic E-state index is 0.307. The molecule has 1 N–H and O–H groups in total. The number of rotatable bonds is 4. The van der Waals surface area contributed by atoms with Gasteiger partial charge in [-0.15, -0.1) is 0 Å². The molecular formula is C16H25BrN2. The van der Waals surface area contributed by atoms with Crippen LogP contribution in [0, 0.1) is 0 Å². The van der Waals surface area contributed by atoms with Gasteiger partial charge in [0.05, 0.1) is 0 Å². The molecule has 2 rings (SSSR count). The summed E-state index contributed by atoms with van der Waals surface area (Å²) in [7, 11) is 0. The van der Waals surface area contributed by atoms with Crippen molar-refractivity contribution in [1.82, 2.24) is 10.2 Å². The highest BCUT2D eigenvalue weighted by Crippen LogP contribution is 2.24. The van der Waals surface area contributed by atoms with E-state index in [-0.39, 0.29) is 0 Å². The molecule has 19 heavy (non-hydrogen) atoms. The zero-order valence-electron chi connectivity index (χ0n) is 12.2. The summed E-state index contributed by atoms with van der Waals surface area (Å²) in [6.45, 7) is 10.2. The van der Waals surface area contributed by atoms with Gasteiger partial charge in [-0.25, -0.2) is 0 Å². The van der Waals surface area contributed by atoms with E-state index in [1.54, 1.807) is 0 Å². The first-order chi connectivity index (χ1) is 9.08. The van der Waals surface area contributed by atoms with E-state index in [4.69, 9.17) is 0 Å². The zero-order chi connectivity index (χ0) is 13.9. The highest BCUT2D eigenvalue weighted by atomic mass is 79.9. The van der Waals surface area contributed by atoms with E-state index in [1.807, 2.05) is 0 Å². The lowest BCUT2D eigenvalue weighted by molar-refractivity contribution is 0.0746. The smallest absolute Gasteiger partial charge is 0.0304 e. The molecule has 2 nitrogen and oxygen atoms in total. The van der Waals surface area contributed by atoms with Crippen molar-refractivity contribution < 1.29 is 0 Å². The Morgan fingerprint density at radius 3 is 2.47 bits per heavy atom. The van der Waals surface area contributed by atoms with Crippen LogP contribution in [0.1, 0.15) is 39.2 Å². The Balaban J connectivity index is 2.07. The predicted molar refractivity (Wildman–Crippen MR) is 85.3 cm³/mol. The van der Waals surface area contributed by atoms with Crippen LogP contribution in [0.25, 0.3) is 0 Å². The second kappa shape index (κ2) is 6.38. The molecule has 0 bridgehead atoms. The van der Waals surface area contributed by atoms with Crippen LogP contribution in [0.4, 0.5) is 0 Å². The molecule has 1 aliphatic rings. The number of hydrogen-bond donors (Lipinski definition) is 1. The molecule has 1 saturated heterocycles. The van der Waals surface area contributed by atoms with Gasteiger partial charge in [0.1, 0.15) is 0 Å². The Hall–Kier alpha value is -0.380. The van der Waals surface area contributed by atoms with Crippen molar-refractivity contribution >= 4 is 15.9 Å². The maximum atomic E-state index is 3.76. The number of nitrogens with one attached hydrogen (secondary N) is 1. The highest BCUT2D eigenvalue weighted by molar-refractivity contribution is 9.10. The summed E-state index contributed by atoms with van der Waals surface area (Å²) >= 11 is 3.50. The molecule has 0 amide bonds. The third kappa shape index (κ3) is 3.59. The fourth-order valence-electron chi connectivity index (χ4n) is 2.85. The Morgan fingerprint density at radius 2 is 1.89 bits per heavy atom. The molecule has 0 saturated carbocycles. The molecule has 1 fully saturated rings. The normalized spacial score (nSPS) is 23.5. The molecule has 1 unspecified atom stereocenters. The minimum atomic E-state index is 0.307. The number of piperazine rings is 1. The summed E-state index contributed by atoms with van der Waals surface area (Å²) in [6.07, 6.45) is 2.40. The van der Waals surface area contributed by atoms with Crippen LogP contribution in [-0.2, 0) is 6.54 Å². The third-order valence-electron chi connectivity index (χ3n) is 4.55. The Morgan fingerprint density at radius 1 is 1.26 bits per heavy atom. The first-order valence-electron chi connectivity index (χ1n) is 7.32. The van der Waals surface area contributed by atoms with Gasteiger partial charge >= 0.3 is 0 Å². The number of halogens is 1. The van der Waals surface area contributed by atoms with Crippen molar-refractivity contribution in [1.29, 1.82) is 0 Å². The van der Waals surface area contributed by atoms with Crippen LogP contribution in [0.15, 0.2) is 28.7 Å². The van der Waals surface area contributed by atoms with Crippen molar-refractivity contribution in [3.05, 3.63) is 34.3 Å². The van der Waals surface area contributed by atoms with E-state index >= 15 is 0 Å². The largest absolute Gasteiger partial charge is 0.308 e. The van der Waals surface area contributed by atoms with Crippen LogP contribution in [0.3, 0.4) is 0 Å². The van der Waals surface area contributed by atoms with Gasteiger partial charge in [0.25, 0.3) is 0 Å². The number of hydrogen-bond acceptors (Lipinski definition) is 2. The van der Waals surface area contributed by atoms with E-state index in [9.17, 15) is 0 Å². The van der Waals surface area contributed by atoms with Crippen molar-refractivity contribution in [2.24, 2.45) is 0 Å². The molecule has 1 aliphatic heterocycles. The van der Waals surface area contributed by atoms with Crippen LogP contribution in [0.5, 0.6) is 0 Å². The molecule has 0 aliphatic carbocycles. The van der Waals surface area contributed by atoms with Crippen molar-refractivity contribution in [3.63, 3.8) is 0 Å². The van der Waals surface area contributed by atoms with Gasteiger partial charge in [-0.3, -0.25) is 4.90 Å². The molecular weight excluding hydrogens is 300 g/mol. The first kappa shape index (κ1) is 15.0. The molecule has 1 atom stereocenters. The van der Waals surface area contributed by atoms with E-state index in [0.29, 0.717) is 11.6 Å². The van der Waals surface area contributed by atoms with Gasteiger partial charge in [0.15, 0.2) is 0 Å². The summed E-state index contributed by atoms with van der Waals surface area (Å²) in [5.41, 5.74) is 1.71. The summed E-state index contributed by atoms with van der Waals surface area (Å²) < 4.78 is 1.15. The maximum absolute atomic E-state index is 3.76. The lowest BCUT2D eigenvalue weighted by Crippen LogP contribution is -2.62. The Bertz CT molecular complexity index is 398. The molecule has 0 spiro atoms. The average molecular weight is 325 g/mol. The maximum Gasteiger partial charge on any atom is 0.0304 e. The van der Waals surface area contributed by atoms with Gasteiger partial charge < -0.3 is 5.32 Å². The summed E-state index contributed by atoms with van der Waals surface area (Å²) in [4.78, 5) is 2.62. The van der Waals surface area contributed by atoms with E-state index in [0.717, 1.165) is 24.1 Å². The average Bonchev–Trinajstić information content (AvgIpc) is 2.44. The van der Waals surface area contributed by atoms with Crippen LogP contribution < -0.4 is 5.32 Å². The van der Waals surface area contributed by atoms with E-state index in [1.165, 1.54) is 18.4 Å². The summed E-state index contributed by atoms with van der Waals surface area (Å²) in [5.74, 6) is 0. The highest BCUT2D eigenvalue weighted by Gasteiger charge is 2.34. The van der Waals surface area contributed by atoms with E-state index in [2.05, 4.69) is 71.2 Å². The molecule has 1 heterocycles. The predicted octanol–water partition coefficient (Wildman–Crippen LogP) is 3.80. The fourth-order valence-corrected chi connectivity index (χ4v) is 3.12. The topological polar surface area (TPSA) is 15.3 Å². The van der Waals surface area contributed by atoms with Crippen molar-refractivity contribution in [3.8, 4) is 0 Å². The fraction of sp³-hybridized carbons (Fsp3) is 0.625. The van der Waals surface area contributed by atoms with Crippen LogP contribution in [0.2, 0.25) is 0 Å². The molecule has 3 heteroatoms. The molecule has 1 aromatic rings. The quantitative estimate of drug-likeness (QED) is 0.906. The molecule has 1 aromatic carbocycles. The second-order valence-corrected chi connectivity index (χ2v) is 6.66. The Kier molecular flexibility index (Phi) is 5.04. The van der Waals surface area contributed by atoms with Gasteiger partial charge in [-0.05, 0) is 37.5 Å². The molecule has 0 aromatic heterocycles. The van der Waals surface area contributed by atoms with Crippen molar-refractivity contribution in [2.45, 2.75) is 51.7 Å². The standard InChI is InChI=1S/C16H25BrN2/c1-4-16(5-2)12-19(13(3)10-18-16)11-14-6-8-15(17)9-7-14/h6-9,13,18H,4-5,10-12H2,1-3H3. The number of benzene rings is 1. The minimum Gasteiger partial charge on any atom is -0.308 e. The lowest BCUT2D eigenvalue weighted by atomic mass is 9.88. The van der Waals surface area contributed by atoms with Crippen LogP contribution in [-0.4, -0.2) is 29.6 Å². The summed E-state index contributed by atoms with van der Waals surface area (Å²) in [5, 5.41) is 3.76. The lowest BCUT2D eigenvalue weighted by Gasteiger charge is -2.46. The van der Waals surface area contributed by atoms with Gasteiger partial charge in [-0.2, -0.15) is 0 Å². The van der Waals surface area contributed by atoms with Gasteiger partial charge in [0.2, 0.25) is 0 Å². The van der Waals surface area contributed by atoms with E-state index < -0.39 is 0 Å². The second-order valence-electron chi connectivity index (χ2n) is 5.75. The SMILES string of the molecule is CCC1(CC)CN(Cc2ccc(Br)cc2)C(C)CN1. The monoisotopic (exact) mass is 324 g/mol.